The molecular weight excluding hydrogens is 250 g/mol. The highest BCUT2D eigenvalue weighted by Gasteiger charge is 2.10. The van der Waals surface area contributed by atoms with Crippen molar-refractivity contribution < 1.29 is 9.84 Å². The van der Waals surface area contributed by atoms with Gasteiger partial charge in [0.05, 0.1) is 12.7 Å². The quantitative estimate of drug-likeness (QED) is 0.478. The smallest absolute Gasteiger partial charge is 0.0897 e. The van der Waals surface area contributed by atoms with Gasteiger partial charge in [-0.1, -0.05) is 47.0 Å². The van der Waals surface area contributed by atoms with Crippen LogP contribution in [0.5, 0.6) is 0 Å². The van der Waals surface area contributed by atoms with Gasteiger partial charge in [0.15, 0.2) is 0 Å². The van der Waals surface area contributed by atoms with Gasteiger partial charge in [0.2, 0.25) is 0 Å². The topological polar surface area (TPSA) is 41.5 Å². The molecule has 2 unspecified atom stereocenters. The first-order valence-corrected chi connectivity index (χ1v) is 8.59. The van der Waals surface area contributed by atoms with Crippen LogP contribution in [-0.2, 0) is 4.74 Å². The van der Waals surface area contributed by atoms with Gasteiger partial charge in [0.1, 0.15) is 0 Å². The molecular formula is C17H37NO2. The van der Waals surface area contributed by atoms with Crippen molar-refractivity contribution in [1.82, 2.24) is 5.32 Å². The van der Waals surface area contributed by atoms with Crippen LogP contribution in [0, 0.1) is 5.92 Å². The number of nitrogens with one attached hydrogen (secondary N) is 1. The first kappa shape index (κ1) is 19.9. The molecule has 3 nitrogen and oxygen atoms in total. The summed E-state index contributed by atoms with van der Waals surface area (Å²) in [5.74, 6) is 0.735. The third-order valence-electron chi connectivity index (χ3n) is 3.57. The fourth-order valence-corrected chi connectivity index (χ4v) is 2.32. The predicted octanol–water partition coefficient (Wildman–Crippen LogP) is 3.75. The van der Waals surface area contributed by atoms with Crippen molar-refractivity contribution in [2.75, 3.05) is 19.8 Å². The van der Waals surface area contributed by atoms with Gasteiger partial charge in [-0.25, -0.2) is 0 Å². The minimum atomic E-state index is -0.380. The monoisotopic (exact) mass is 287 g/mol. The molecule has 0 spiro atoms. The van der Waals surface area contributed by atoms with E-state index in [1.165, 1.54) is 38.5 Å². The Morgan fingerprint density at radius 3 is 2.35 bits per heavy atom. The van der Waals surface area contributed by atoms with E-state index >= 15 is 0 Å². The van der Waals surface area contributed by atoms with Crippen molar-refractivity contribution in [3.63, 3.8) is 0 Å². The summed E-state index contributed by atoms with van der Waals surface area (Å²) in [7, 11) is 0. The molecule has 0 aliphatic heterocycles. The first-order valence-electron chi connectivity index (χ1n) is 8.59. The van der Waals surface area contributed by atoms with Crippen LogP contribution in [0.25, 0.3) is 0 Å². The third kappa shape index (κ3) is 12.9. The number of aliphatic hydroxyl groups excluding tert-OH is 1. The minimum absolute atomic E-state index is 0.380. The lowest BCUT2D eigenvalue weighted by atomic mass is 10.1. The molecule has 0 heterocycles. The van der Waals surface area contributed by atoms with Crippen LogP contribution >= 0.6 is 0 Å². The van der Waals surface area contributed by atoms with E-state index in [4.69, 9.17) is 4.74 Å². The summed E-state index contributed by atoms with van der Waals surface area (Å²) in [4.78, 5) is 0. The fraction of sp³-hybridized carbons (Fsp3) is 1.00. The van der Waals surface area contributed by atoms with Gasteiger partial charge in [-0.05, 0) is 31.6 Å². The molecule has 20 heavy (non-hydrogen) atoms. The second kappa shape index (κ2) is 13.8. The van der Waals surface area contributed by atoms with Crippen LogP contribution in [0.15, 0.2) is 0 Å². The molecule has 0 radical (unpaired) electrons. The number of aliphatic hydroxyl groups is 1. The largest absolute Gasteiger partial charge is 0.389 e. The summed E-state index contributed by atoms with van der Waals surface area (Å²) in [6.07, 6.45) is 8.02. The molecule has 0 aromatic carbocycles. The molecule has 0 fully saturated rings. The molecule has 2 atom stereocenters. The lowest BCUT2D eigenvalue weighted by Gasteiger charge is -2.20. The van der Waals surface area contributed by atoms with Crippen molar-refractivity contribution in [3.8, 4) is 0 Å². The van der Waals surface area contributed by atoms with E-state index < -0.39 is 0 Å². The Labute approximate surface area is 126 Å². The van der Waals surface area contributed by atoms with Gasteiger partial charge in [-0.15, -0.1) is 0 Å². The fourth-order valence-electron chi connectivity index (χ4n) is 2.32. The summed E-state index contributed by atoms with van der Waals surface area (Å²) >= 11 is 0. The number of hydrogen-bond acceptors (Lipinski definition) is 3. The van der Waals surface area contributed by atoms with E-state index in [2.05, 4.69) is 33.0 Å². The molecule has 0 aromatic heterocycles. The maximum atomic E-state index is 9.91. The molecule has 0 saturated heterocycles. The van der Waals surface area contributed by atoms with Crippen molar-refractivity contribution in [2.45, 2.75) is 84.8 Å². The van der Waals surface area contributed by atoms with E-state index in [9.17, 15) is 5.11 Å². The van der Waals surface area contributed by atoms with Crippen molar-refractivity contribution in [1.29, 1.82) is 0 Å². The molecule has 0 aromatic rings. The second-order valence-electron chi connectivity index (χ2n) is 6.30. The van der Waals surface area contributed by atoms with Crippen LogP contribution < -0.4 is 5.32 Å². The average molecular weight is 287 g/mol. The molecule has 2 N–H and O–H groups in total. The van der Waals surface area contributed by atoms with Gasteiger partial charge in [-0.2, -0.15) is 0 Å². The lowest BCUT2D eigenvalue weighted by molar-refractivity contribution is 0.0331. The summed E-state index contributed by atoms with van der Waals surface area (Å²) in [5, 5.41) is 13.4. The van der Waals surface area contributed by atoms with Gasteiger partial charge in [0.25, 0.3) is 0 Å². The third-order valence-corrected chi connectivity index (χ3v) is 3.57. The summed E-state index contributed by atoms with van der Waals surface area (Å²) in [5.41, 5.74) is 0. The molecule has 3 heteroatoms. The van der Waals surface area contributed by atoms with Gasteiger partial charge >= 0.3 is 0 Å². The van der Waals surface area contributed by atoms with Crippen LogP contribution in [0.3, 0.4) is 0 Å². The molecule has 0 aliphatic rings. The highest BCUT2D eigenvalue weighted by Crippen LogP contribution is 2.07. The zero-order valence-electron chi connectivity index (χ0n) is 14.2. The Balaban J connectivity index is 3.59. The minimum Gasteiger partial charge on any atom is -0.389 e. The van der Waals surface area contributed by atoms with E-state index in [0.717, 1.165) is 18.9 Å². The summed E-state index contributed by atoms with van der Waals surface area (Å²) < 4.78 is 5.53. The first-order chi connectivity index (χ1) is 9.60. The maximum Gasteiger partial charge on any atom is 0.0897 e. The van der Waals surface area contributed by atoms with Gasteiger partial charge < -0.3 is 15.2 Å². The zero-order valence-corrected chi connectivity index (χ0v) is 14.2. The number of hydrogen-bond donors (Lipinski definition) is 2. The number of unbranched alkanes of at least 4 members (excludes halogenated alkanes) is 1. The van der Waals surface area contributed by atoms with E-state index in [1.807, 2.05) is 0 Å². The Morgan fingerprint density at radius 2 is 1.75 bits per heavy atom. The van der Waals surface area contributed by atoms with Crippen LogP contribution in [-0.4, -0.2) is 37.0 Å². The van der Waals surface area contributed by atoms with Crippen molar-refractivity contribution in [2.24, 2.45) is 5.92 Å². The normalized spacial score (nSPS) is 14.7. The van der Waals surface area contributed by atoms with E-state index in [-0.39, 0.29) is 6.10 Å². The zero-order chi connectivity index (χ0) is 15.2. The SMILES string of the molecule is CCCCC(CCC)NCC(O)COCCCC(C)C. The summed E-state index contributed by atoms with van der Waals surface area (Å²) in [6.45, 7) is 10.8. The van der Waals surface area contributed by atoms with Crippen LogP contribution in [0.1, 0.15) is 72.6 Å². The molecule has 0 rings (SSSR count). The number of ether oxygens (including phenoxy) is 1. The highest BCUT2D eigenvalue weighted by atomic mass is 16.5. The Bertz CT molecular complexity index is 197. The lowest BCUT2D eigenvalue weighted by Crippen LogP contribution is -2.37. The van der Waals surface area contributed by atoms with E-state index in [0.29, 0.717) is 19.2 Å². The standard InChI is InChI=1S/C17H37NO2/c1-5-7-11-16(9-6-2)18-13-17(19)14-20-12-8-10-15(3)4/h15-19H,5-14H2,1-4H3. The Morgan fingerprint density at radius 1 is 1.00 bits per heavy atom. The van der Waals surface area contributed by atoms with Gasteiger partial charge in [-0.3, -0.25) is 0 Å². The second-order valence-corrected chi connectivity index (χ2v) is 6.30. The molecule has 0 amide bonds. The maximum absolute atomic E-state index is 9.91. The number of rotatable bonds is 14. The highest BCUT2D eigenvalue weighted by molar-refractivity contribution is 4.69. The molecule has 0 bridgehead atoms. The van der Waals surface area contributed by atoms with Crippen molar-refractivity contribution in [3.05, 3.63) is 0 Å². The Hall–Kier alpha value is -0.120. The van der Waals surface area contributed by atoms with Crippen LogP contribution in [0.4, 0.5) is 0 Å². The van der Waals surface area contributed by atoms with Crippen LogP contribution in [0.2, 0.25) is 0 Å². The predicted molar refractivity (Wildman–Crippen MR) is 87.1 cm³/mol. The van der Waals surface area contributed by atoms with E-state index in [1.54, 1.807) is 0 Å². The van der Waals surface area contributed by atoms with Crippen molar-refractivity contribution >= 4 is 0 Å². The molecule has 0 aliphatic carbocycles. The average Bonchev–Trinajstić information content (AvgIpc) is 2.41. The molecule has 122 valence electrons. The van der Waals surface area contributed by atoms with Gasteiger partial charge in [0, 0.05) is 19.2 Å². The Kier molecular flexibility index (Phi) is 13.8. The molecule has 0 saturated carbocycles. The summed E-state index contributed by atoms with van der Waals surface area (Å²) in [6, 6.07) is 0.551.